The Bertz CT molecular complexity index is 1170. The Morgan fingerprint density at radius 3 is 2.14 bits per heavy atom. The van der Waals surface area contributed by atoms with Crippen molar-refractivity contribution in [3.05, 3.63) is 95.1 Å². The van der Waals surface area contributed by atoms with Crippen LogP contribution in [-0.2, 0) is 5.41 Å². The highest BCUT2D eigenvalue weighted by Crippen LogP contribution is 2.29. The summed E-state index contributed by atoms with van der Waals surface area (Å²) in [4.78, 5) is 28.6. The van der Waals surface area contributed by atoms with Gasteiger partial charge in [0.15, 0.2) is 0 Å². The summed E-state index contributed by atoms with van der Waals surface area (Å²) in [7, 11) is 0. The lowest BCUT2D eigenvalue weighted by molar-refractivity contribution is 0.0939. The van der Waals surface area contributed by atoms with E-state index in [-0.39, 0.29) is 23.3 Å². The lowest BCUT2D eigenvalue weighted by atomic mass is 9.87. The fourth-order valence-electron chi connectivity index (χ4n) is 4.45. The summed E-state index contributed by atoms with van der Waals surface area (Å²) < 4.78 is 0. The normalized spacial score (nSPS) is 14.5. The average Bonchev–Trinajstić information content (AvgIpc) is 3.39. The number of carbonyl (C=O) groups is 2. The van der Waals surface area contributed by atoms with E-state index in [4.69, 9.17) is 0 Å². The number of rotatable bonds is 6. The van der Waals surface area contributed by atoms with E-state index in [1.165, 1.54) is 5.56 Å². The van der Waals surface area contributed by atoms with Crippen molar-refractivity contribution in [2.75, 3.05) is 23.3 Å². The number of hydrogen-bond donors (Lipinski definition) is 2. The van der Waals surface area contributed by atoms with E-state index in [1.54, 1.807) is 6.07 Å². The number of amides is 2. The lowest BCUT2D eigenvalue weighted by Crippen LogP contribution is -2.29. The molecular formula is C30H35N3O2. The van der Waals surface area contributed by atoms with Crippen LogP contribution in [0.25, 0.3) is 0 Å². The molecule has 4 rings (SSSR count). The van der Waals surface area contributed by atoms with Gasteiger partial charge >= 0.3 is 0 Å². The standard InChI is InChI=1S/C30H35N3O2/c1-21(22-10-6-5-7-11-22)31-29(35)26-20-25(16-17-27(26)33-18-8-9-19-33)32-28(34)23-12-14-24(15-13-23)30(2,3)4/h5-7,10-17,20-21H,8-9,18-19H2,1-4H3,(H,31,35)(H,32,34). The Labute approximate surface area is 208 Å². The van der Waals surface area contributed by atoms with Crippen molar-refractivity contribution in [3.8, 4) is 0 Å². The number of hydrogen-bond acceptors (Lipinski definition) is 3. The second kappa shape index (κ2) is 10.3. The first kappa shape index (κ1) is 24.5. The predicted molar refractivity (Wildman–Crippen MR) is 143 cm³/mol. The zero-order valence-corrected chi connectivity index (χ0v) is 21.1. The van der Waals surface area contributed by atoms with Gasteiger partial charge in [0.1, 0.15) is 0 Å². The molecule has 3 aromatic rings. The molecule has 1 aliphatic rings. The van der Waals surface area contributed by atoms with Crippen LogP contribution in [0.4, 0.5) is 11.4 Å². The van der Waals surface area contributed by atoms with Gasteiger partial charge in [0, 0.05) is 30.0 Å². The number of benzene rings is 3. The van der Waals surface area contributed by atoms with Crippen LogP contribution in [0.5, 0.6) is 0 Å². The van der Waals surface area contributed by atoms with E-state index in [2.05, 4.69) is 36.3 Å². The maximum Gasteiger partial charge on any atom is 0.255 e. The Balaban J connectivity index is 1.56. The van der Waals surface area contributed by atoms with Crippen molar-refractivity contribution in [2.45, 2.75) is 52.0 Å². The van der Waals surface area contributed by atoms with Crippen molar-refractivity contribution >= 4 is 23.2 Å². The highest BCUT2D eigenvalue weighted by atomic mass is 16.2. The van der Waals surface area contributed by atoms with E-state index < -0.39 is 0 Å². The van der Waals surface area contributed by atoms with Crippen LogP contribution in [0.2, 0.25) is 0 Å². The molecule has 35 heavy (non-hydrogen) atoms. The van der Waals surface area contributed by atoms with Crippen LogP contribution in [0, 0.1) is 0 Å². The minimum absolute atomic E-state index is 0.0273. The summed E-state index contributed by atoms with van der Waals surface area (Å²) in [5.41, 5.74) is 4.94. The molecule has 2 amide bonds. The minimum atomic E-state index is -0.191. The van der Waals surface area contributed by atoms with Gasteiger partial charge in [-0.2, -0.15) is 0 Å². The maximum absolute atomic E-state index is 13.4. The molecule has 0 aliphatic carbocycles. The molecule has 0 bridgehead atoms. The monoisotopic (exact) mass is 469 g/mol. The van der Waals surface area contributed by atoms with Gasteiger partial charge in [-0.1, -0.05) is 63.2 Å². The maximum atomic E-state index is 13.4. The van der Waals surface area contributed by atoms with Crippen molar-refractivity contribution in [1.29, 1.82) is 0 Å². The summed E-state index contributed by atoms with van der Waals surface area (Å²) in [5.74, 6) is -0.336. The Morgan fingerprint density at radius 1 is 0.857 bits per heavy atom. The fraction of sp³-hybridized carbons (Fsp3) is 0.333. The third-order valence-electron chi connectivity index (χ3n) is 6.61. The lowest BCUT2D eigenvalue weighted by Gasteiger charge is -2.23. The molecule has 1 heterocycles. The molecule has 1 atom stereocenters. The zero-order chi connectivity index (χ0) is 25.0. The molecule has 0 radical (unpaired) electrons. The molecule has 1 fully saturated rings. The molecule has 2 N–H and O–H groups in total. The SMILES string of the molecule is CC(NC(=O)c1cc(NC(=O)c2ccc(C(C)(C)C)cc2)ccc1N1CCCC1)c1ccccc1. The molecule has 5 heteroatoms. The topological polar surface area (TPSA) is 61.4 Å². The Kier molecular flexibility index (Phi) is 7.25. The molecular weight excluding hydrogens is 434 g/mol. The van der Waals surface area contributed by atoms with Gasteiger partial charge in [-0.05, 0) is 66.6 Å². The molecule has 0 spiro atoms. The fourth-order valence-corrected chi connectivity index (χ4v) is 4.45. The van der Waals surface area contributed by atoms with Crippen molar-refractivity contribution in [1.82, 2.24) is 5.32 Å². The highest BCUT2D eigenvalue weighted by molar-refractivity contribution is 6.06. The molecule has 182 valence electrons. The quantitative estimate of drug-likeness (QED) is 0.444. The minimum Gasteiger partial charge on any atom is -0.371 e. The number of nitrogens with zero attached hydrogens (tertiary/aromatic N) is 1. The van der Waals surface area contributed by atoms with Gasteiger partial charge in [-0.25, -0.2) is 0 Å². The van der Waals surface area contributed by atoms with E-state index in [0.29, 0.717) is 16.8 Å². The van der Waals surface area contributed by atoms with E-state index in [1.807, 2.05) is 73.7 Å². The van der Waals surface area contributed by atoms with Crippen molar-refractivity contribution in [3.63, 3.8) is 0 Å². The molecule has 1 aliphatic heterocycles. The first-order chi connectivity index (χ1) is 16.7. The molecule has 0 aromatic heterocycles. The predicted octanol–water partition coefficient (Wildman–Crippen LogP) is 6.33. The summed E-state index contributed by atoms with van der Waals surface area (Å²) in [6.45, 7) is 10.3. The second-order valence-corrected chi connectivity index (χ2v) is 10.3. The zero-order valence-electron chi connectivity index (χ0n) is 21.1. The first-order valence-corrected chi connectivity index (χ1v) is 12.4. The molecule has 1 saturated heterocycles. The second-order valence-electron chi connectivity index (χ2n) is 10.3. The van der Waals surface area contributed by atoms with Crippen molar-refractivity contribution in [2.24, 2.45) is 0 Å². The number of carbonyl (C=O) groups excluding carboxylic acids is 2. The largest absolute Gasteiger partial charge is 0.371 e. The van der Waals surface area contributed by atoms with Gasteiger partial charge in [0.25, 0.3) is 11.8 Å². The Hall–Kier alpha value is -3.60. The van der Waals surface area contributed by atoms with Crippen LogP contribution < -0.4 is 15.5 Å². The third-order valence-corrected chi connectivity index (χ3v) is 6.61. The molecule has 1 unspecified atom stereocenters. The smallest absolute Gasteiger partial charge is 0.255 e. The van der Waals surface area contributed by atoms with Gasteiger partial charge in [0.2, 0.25) is 0 Å². The van der Waals surface area contributed by atoms with Gasteiger partial charge in [0.05, 0.1) is 11.6 Å². The molecule has 3 aromatic carbocycles. The Morgan fingerprint density at radius 2 is 1.51 bits per heavy atom. The molecule has 5 nitrogen and oxygen atoms in total. The van der Waals surface area contributed by atoms with E-state index in [9.17, 15) is 9.59 Å². The van der Waals surface area contributed by atoms with Crippen LogP contribution in [0.1, 0.15) is 78.4 Å². The average molecular weight is 470 g/mol. The van der Waals surface area contributed by atoms with Gasteiger partial charge < -0.3 is 15.5 Å². The van der Waals surface area contributed by atoms with Crippen molar-refractivity contribution < 1.29 is 9.59 Å². The van der Waals surface area contributed by atoms with Gasteiger partial charge in [-0.3, -0.25) is 9.59 Å². The van der Waals surface area contributed by atoms with E-state index in [0.717, 1.165) is 37.2 Å². The number of nitrogens with one attached hydrogen (secondary N) is 2. The van der Waals surface area contributed by atoms with Crippen LogP contribution >= 0.6 is 0 Å². The third kappa shape index (κ3) is 5.91. The highest BCUT2D eigenvalue weighted by Gasteiger charge is 2.22. The summed E-state index contributed by atoms with van der Waals surface area (Å²) >= 11 is 0. The van der Waals surface area contributed by atoms with Crippen LogP contribution in [0.3, 0.4) is 0 Å². The molecule has 0 saturated carbocycles. The van der Waals surface area contributed by atoms with Gasteiger partial charge in [-0.15, -0.1) is 0 Å². The summed E-state index contributed by atoms with van der Waals surface area (Å²) in [5, 5.41) is 6.11. The summed E-state index contributed by atoms with van der Waals surface area (Å²) in [6.07, 6.45) is 2.23. The number of anilines is 2. The summed E-state index contributed by atoms with van der Waals surface area (Å²) in [6, 6.07) is 23.1. The first-order valence-electron chi connectivity index (χ1n) is 12.4. The van der Waals surface area contributed by atoms with Crippen LogP contribution in [-0.4, -0.2) is 24.9 Å². The van der Waals surface area contributed by atoms with E-state index >= 15 is 0 Å². The van der Waals surface area contributed by atoms with Crippen LogP contribution in [0.15, 0.2) is 72.8 Å².